The molecule has 2 fully saturated rings. The molecule has 32 heavy (non-hydrogen) atoms. The van der Waals surface area contributed by atoms with Crippen molar-refractivity contribution in [3.63, 3.8) is 0 Å². The number of carbonyl (C=O) groups is 1. The Morgan fingerprint density at radius 1 is 1.00 bits per heavy atom. The summed E-state index contributed by atoms with van der Waals surface area (Å²) in [6, 6.07) is 18.6. The Kier molecular flexibility index (Phi) is 5.97. The lowest BCUT2D eigenvalue weighted by Gasteiger charge is -2.30. The van der Waals surface area contributed by atoms with Crippen molar-refractivity contribution in [3.05, 3.63) is 71.4 Å². The monoisotopic (exact) mass is 429 g/mol. The first kappa shape index (κ1) is 20.8. The van der Waals surface area contributed by atoms with Crippen molar-refractivity contribution in [1.29, 1.82) is 0 Å². The summed E-state index contributed by atoms with van der Waals surface area (Å²) in [5, 5.41) is 8.87. The predicted octanol–water partition coefficient (Wildman–Crippen LogP) is 5.60. The maximum Gasteiger partial charge on any atom is 0.253 e. The molecule has 0 spiro atoms. The first-order valence-corrected chi connectivity index (χ1v) is 11.8. The lowest BCUT2D eigenvalue weighted by atomic mass is 9.81. The summed E-state index contributed by atoms with van der Waals surface area (Å²) in [4.78, 5) is 22.1. The number of aromatic amines is 1. The van der Waals surface area contributed by atoms with E-state index in [1.165, 1.54) is 12.8 Å². The number of rotatable bonds is 7. The third-order valence-electron chi connectivity index (χ3n) is 6.81. The van der Waals surface area contributed by atoms with Gasteiger partial charge >= 0.3 is 0 Å². The summed E-state index contributed by atoms with van der Waals surface area (Å²) in [6.45, 7) is 2.70. The van der Waals surface area contributed by atoms with E-state index in [4.69, 9.17) is 4.84 Å². The van der Waals surface area contributed by atoms with E-state index < -0.39 is 0 Å². The van der Waals surface area contributed by atoms with Gasteiger partial charge in [0.05, 0.1) is 11.3 Å². The van der Waals surface area contributed by atoms with E-state index in [0.29, 0.717) is 11.8 Å². The Labute approximate surface area is 189 Å². The fraction of sp³-hybridized carbons (Fsp3) is 0.407. The van der Waals surface area contributed by atoms with Gasteiger partial charge in [0, 0.05) is 28.6 Å². The number of nitrogens with zero attached hydrogens (tertiary/aromatic N) is 1. The fourth-order valence-electron chi connectivity index (χ4n) is 4.81. The third kappa shape index (κ3) is 4.57. The molecular formula is C27H31N3O2. The van der Waals surface area contributed by atoms with Crippen molar-refractivity contribution in [2.24, 2.45) is 17.0 Å². The average Bonchev–Trinajstić information content (AvgIpc) is 3.57. The molecule has 5 heteroatoms. The van der Waals surface area contributed by atoms with E-state index in [-0.39, 0.29) is 11.9 Å². The van der Waals surface area contributed by atoms with Gasteiger partial charge in [0.2, 0.25) is 0 Å². The zero-order chi connectivity index (χ0) is 21.9. The van der Waals surface area contributed by atoms with Crippen molar-refractivity contribution >= 4 is 22.5 Å². The largest absolute Gasteiger partial charge is 0.395 e. The summed E-state index contributed by atoms with van der Waals surface area (Å²) < 4.78 is 0. The fourth-order valence-corrected chi connectivity index (χ4v) is 4.81. The number of hydrogen-bond acceptors (Lipinski definition) is 3. The predicted molar refractivity (Wildman–Crippen MR) is 128 cm³/mol. The van der Waals surface area contributed by atoms with E-state index in [1.54, 1.807) is 0 Å². The average molecular weight is 430 g/mol. The first-order valence-electron chi connectivity index (χ1n) is 11.8. The summed E-state index contributed by atoms with van der Waals surface area (Å²) in [7, 11) is 0. The van der Waals surface area contributed by atoms with Crippen molar-refractivity contribution in [2.75, 3.05) is 6.61 Å². The van der Waals surface area contributed by atoms with Crippen molar-refractivity contribution < 1.29 is 9.63 Å². The number of fused-ring (bicyclic) bond motifs is 1. The standard InChI is InChI=1S/C27H31N3O2/c1-18-25(23-9-5-6-10-24(23)28-18)27(31)29-22-15-13-21(14-16-22)26(20-7-3-2-4-8-20)30-32-17-19-11-12-19/h2-10,19,21-22,28H,11-17H2,1H3,(H,29,31)/b30-26+/t21-,22-. The summed E-state index contributed by atoms with van der Waals surface area (Å²) in [6.07, 6.45) is 6.42. The van der Waals surface area contributed by atoms with Gasteiger partial charge in [-0.2, -0.15) is 0 Å². The van der Waals surface area contributed by atoms with Gasteiger partial charge in [-0.05, 0) is 63.0 Å². The molecule has 0 unspecified atom stereocenters. The van der Waals surface area contributed by atoms with Gasteiger partial charge in [0.15, 0.2) is 0 Å². The maximum absolute atomic E-state index is 13.1. The highest BCUT2D eigenvalue weighted by Gasteiger charge is 2.29. The van der Waals surface area contributed by atoms with E-state index in [0.717, 1.165) is 65.7 Å². The number of aromatic nitrogens is 1. The molecule has 166 valence electrons. The number of oxime groups is 1. The van der Waals surface area contributed by atoms with Crippen LogP contribution in [0.4, 0.5) is 0 Å². The van der Waals surface area contributed by atoms with Crippen LogP contribution in [0.2, 0.25) is 0 Å². The Morgan fingerprint density at radius 3 is 2.47 bits per heavy atom. The van der Waals surface area contributed by atoms with E-state index in [1.807, 2.05) is 37.3 Å². The molecule has 0 atom stereocenters. The molecule has 2 aromatic carbocycles. The van der Waals surface area contributed by atoms with Crippen LogP contribution in [0, 0.1) is 18.8 Å². The Morgan fingerprint density at radius 2 is 1.72 bits per heavy atom. The highest BCUT2D eigenvalue weighted by atomic mass is 16.6. The van der Waals surface area contributed by atoms with Crippen LogP contribution in [0.15, 0.2) is 59.8 Å². The lowest BCUT2D eigenvalue weighted by Crippen LogP contribution is -2.39. The second-order valence-electron chi connectivity index (χ2n) is 9.27. The molecule has 2 N–H and O–H groups in total. The van der Waals surface area contributed by atoms with Crippen molar-refractivity contribution in [3.8, 4) is 0 Å². The zero-order valence-electron chi connectivity index (χ0n) is 18.6. The molecule has 2 aliphatic rings. The molecule has 0 saturated heterocycles. The quantitative estimate of drug-likeness (QED) is 0.379. The molecule has 0 bridgehead atoms. The van der Waals surface area contributed by atoms with E-state index in [2.05, 4.69) is 39.7 Å². The number of hydrogen-bond donors (Lipinski definition) is 2. The molecule has 5 rings (SSSR count). The molecule has 1 amide bonds. The van der Waals surface area contributed by atoms with Crippen LogP contribution in [0.5, 0.6) is 0 Å². The van der Waals surface area contributed by atoms with Gasteiger partial charge in [-0.15, -0.1) is 0 Å². The minimum atomic E-state index is 0.0214. The minimum absolute atomic E-state index is 0.0214. The van der Waals surface area contributed by atoms with Gasteiger partial charge in [0.1, 0.15) is 6.61 Å². The number of nitrogens with one attached hydrogen (secondary N) is 2. The third-order valence-corrected chi connectivity index (χ3v) is 6.81. The lowest BCUT2D eigenvalue weighted by molar-refractivity contribution is 0.0925. The van der Waals surface area contributed by atoms with Gasteiger partial charge in [-0.3, -0.25) is 4.79 Å². The SMILES string of the molecule is Cc1[nH]c2ccccc2c1C(=O)N[C@H]1CC[C@H](/C(=N/OCC2CC2)c2ccccc2)CC1. The minimum Gasteiger partial charge on any atom is -0.395 e. The van der Waals surface area contributed by atoms with Crippen LogP contribution >= 0.6 is 0 Å². The van der Waals surface area contributed by atoms with Gasteiger partial charge < -0.3 is 15.1 Å². The van der Waals surface area contributed by atoms with Crippen molar-refractivity contribution in [1.82, 2.24) is 10.3 Å². The molecular weight excluding hydrogens is 398 g/mol. The summed E-state index contributed by atoms with van der Waals surface area (Å²) >= 11 is 0. The molecule has 5 nitrogen and oxygen atoms in total. The smallest absolute Gasteiger partial charge is 0.253 e. The van der Waals surface area contributed by atoms with Gasteiger partial charge in [0.25, 0.3) is 5.91 Å². The molecule has 1 aromatic heterocycles. The number of aryl methyl sites for hydroxylation is 1. The number of carbonyl (C=O) groups excluding carboxylic acids is 1. The molecule has 3 aromatic rings. The van der Waals surface area contributed by atoms with E-state index in [9.17, 15) is 4.79 Å². The number of H-pyrrole nitrogens is 1. The zero-order valence-corrected chi connectivity index (χ0v) is 18.6. The Hall–Kier alpha value is -3.08. The Balaban J connectivity index is 1.24. The van der Waals surface area contributed by atoms with Crippen LogP contribution in [0.3, 0.4) is 0 Å². The van der Waals surface area contributed by atoms with Crippen LogP contribution < -0.4 is 5.32 Å². The van der Waals surface area contributed by atoms with Crippen LogP contribution in [-0.2, 0) is 4.84 Å². The Bertz CT molecular complexity index is 1110. The normalized spacial score (nSPS) is 21.5. The van der Waals surface area contributed by atoms with Crippen molar-refractivity contribution in [2.45, 2.75) is 51.5 Å². The molecule has 0 aliphatic heterocycles. The molecule has 0 radical (unpaired) electrons. The van der Waals surface area contributed by atoms with Crippen LogP contribution in [0.25, 0.3) is 10.9 Å². The summed E-state index contributed by atoms with van der Waals surface area (Å²) in [5.74, 6) is 1.07. The molecule has 2 saturated carbocycles. The molecule has 2 aliphatic carbocycles. The highest BCUT2D eigenvalue weighted by Crippen LogP contribution is 2.31. The first-order chi connectivity index (χ1) is 15.7. The molecule has 1 heterocycles. The van der Waals surface area contributed by atoms with E-state index >= 15 is 0 Å². The number of benzene rings is 2. The van der Waals surface area contributed by atoms with Crippen LogP contribution in [-0.4, -0.2) is 29.3 Å². The van der Waals surface area contributed by atoms with Gasteiger partial charge in [-0.1, -0.05) is 53.7 Å². The second kappa shape index (κ2) is 9.19. The maximum atomic E-state index is 13.1. The van der Waals surface area contributed by atoms with Gasteiger partial charge in [-0.25, -0.2) is 0 Å². The topological polar surface area (TPSA) is 66.5 Å². The highest BCUT2D eigenvalue weighted by molar-refractivity contribution is 6.08. The number of para-hydroxylation sites is 1. The van der Waals surface area contributed by atoms with Crippen LogP contribution in [0.1, 0.15) is 60.1 Å². The summed E-state index contributed by atoms with van der Waals surface area (Å²) in [5.41, 5.74) is 4.90. The second-order valence-corrected chi connectivity index (χ2v) is 9.27. The number of amides is 1.